The smallest absolute Gasteiger partial charge is 0.330 e. The zero-order chi connectivity index (χ0) is 52.0. The maximum Gasteiger partial charge on any atom is 0.330 e. The van der Waals surface area contributed by atoms with E-state index in [2.05, 4.69) is 26.3 Å². The lowest BCUT2D eigenvalue weighted by atomic mass is 9.44. The summed E-state index contributed by atoms with van der Waals surface area (Å²) in [7, 11) is 0. The van der Waals surface area contributed by atoms with Crippen LogP contribution in [0.25, 0.3) is 0 Å². The monoisotopic (exact) mass is 1030 g/mol. The van der Waals surface area contributed by atoms with E-state index >= 15 is 0 Å². The molecule has 2 aliphatic heterocycles. The number of allylic oxidation sites excluding steroid dienone is 5. The normalized spacial score (nSPS) is 47.3. The van der Waals surface area contributed by atoms with Gasteiger partial charge in [0.05, 0.1) is 51.5 Å². The zero-order valence-electron chi connectivity index (χ0n) is 44.6. The number of Topliss-reactive ketones (excluding diaryl/α,β-unsaturated/α-hetero) is 2. The van der Waals surface area contributed by atoms with Crippen molar-refractivity contribution in [1.29, 1.82) is 0 Å². The van der Waals surface area contributed by atoms with Crippen LogP contribution in [0.15, 0.2) is 60.3 Å². The van der Waals surface area contributed by atoms with Gasteiger partial charge in [0.1, 0.15) is 11.6 Å². The first kappa shape index (κ1) is 50.7. The Kier molecular flexibility index (Phi) is 12.6. The van der Waals surface area contributed by atoms with Gasteiger partial charge in [0, 0.05) is 58.3 Å². The number of hydrogen-bond donors (Lipinski definition) is 0. The number of ketones is 2. The van der Waals surface area contributed by atoms with E-state index in [0.29, 0.717) is 114 Å². The van der Waals surface area contributed by atoms with Crippen molar-refractivity contribution in [2.24, 2.45) is 124 Å². The Morgan fingerprint density at radius 1 is 0.547 bits per heavy atom. The summed E-state index contributed by atoms with van der Waals surface area (Å²) >= 11 is 0. The van der Waals surface area contributed by atoms with Gasteiger partial charge in [-0.2, -0.15) is 0 Å². The summed E-state index contributed by atoms with van der Waals surface area (Å²) in [6.07, 6.45) is 19.4. The minimum Gasteiger partial charge on any atom is -0.466 e. The summed E-state index contributed by atoms with van der Waals surface area (Å²) in [6.45, 7) is 24.2. The molecule has 2 saturated heterocycles. The number of rotatable bonds is 7. The molecule has 2 heterocycles. The van der Waals surface area contributed by atoms with Crippen molar-refractivity contribution in [1.82, 2.24) is 0 Å². The number of fused-ring (bicyclic) bond motifs is 9. The first-order valence-corrected chi connectivity index (χ1v) is 29.7. The summed E-state index contributed by atoms with van der Waals surface area (Å²) in [5.41, 5.74) is 6.54. The van der Waals surface area contributed by atoms with E-state index in [9.17, 15) is 29.3 Å². The van der Waals surface area contributed by atoms with Gasteiger partial charge in [-0.05, 0) is 181 Å². The Morgan fingerprint density at radius 2 is 1.01 bits per heavy atom. The molecule has 17 fully saturated rings. The predicted octanol–water partition coefficient (Wildman–Crippen LogP) is 9.87. The summed E-state index contributed by atoms with van der Waals surface area (Å²) in [5, 5.41) is 11.1. The van der Waals surface area contributed by atoms with Crippen molar-refractivity contribution in [3.05, 3.63) is 70.4 Å². The fourth-order valence-corrected chi connectivity index (χ4v) is 21.1. The van der Waals surface area contributed by atoms with E-state index in [1.807, 2.05) is 6.92 Å². The van der Waals surface area contributed by atoms with E-state index in [4.69, 9.17) is 28.4 Å². The fraction of sp³-hybridized carbons (Fsp3) is 0.774. The highest BCUT2D eigenvalue weighted by Gasteiger charge is 2.74. The predicted molar refractivity (Wildman–Crippen MR) is 275 cm³/mol. The number of esters is 2. The number of nitro groups is 1. The highest BCUT2D eigenvalue weighted by molar-refractivity contribution is 5.92. The van der Waals surface area contributed by atoms with Crippen LogP contribution in [0.5, 0.6) is 0 Å². The molecule has 0 aromatic rings. The van der Waals surface area contributed by atoms with Gasteiger partial charge in [-0.25, -0.2) is 4.79 Å². The lowest BCUT2D eigenvalue weighted by molar-refractivity contribution is -0.511. The van der Waals surface area contributed by atoms with Gasteiger partial charge >= 0.3 is 11.9 Å². The maximum atomic E-state index is 11.9. The number of hydrogen-bond acceptors (Lipinski definition) is 12. The molecule has 15 saturated carbocycles. The van der Waals surface area contributed by atoms with Crippen LogP contribution in [0.3, 0.4) is 0 Å². The van der Waals surface area contributed by atoms with Crippen molar-refractivity contribution in [2.75, 3.05) is 46.2 Å². The molecule has 0 amide bonds. The third kappa shape index (κ3) is 7.33. The SMILES string of the molecule is C=C1[C@H]2CC[C@@H]3C(=CC(=O)OCC)[C@H](C2)[C@H]13.C=C1[C@H]2CC[C@@H]3C(=O)[C@H](C2)[C@H]13.C=C1[C@H]2CC[C@H]3[C@@H]1[C@@H](C2)C31OCCO1.C=C1[C@H]2CC[C@H]3[C@@H]1[C@@H](C2)[C@]3(CC(=O)OCC)C[N+](=O)[O-].O=C1[C@H]2CC[C@H]3[C@@H]1[C@@H](C2)C31OCCO1. The van der Waals surface area contributed by atoms with E-state index in [0.717, 1.165) is 95.5 Å². The van der Waals surface area contributed by atoms with Crippen molar-refractivity contribution in [2.45, 2.75) is 128 Å². The van der Waals surface area contributed by atoms with Crippen LogP contribution in [0.2, 0.25) is 0 Å². The Hall–Kier alpha value is -3.78. The van der Waals surface area contributed by atoms with Crippen LogP contribution >= 0.6 is 0 Å². The fourth-order valence-electron chi connectivity index (χ4n) is 21.1. The summed E-state index contributed by atoms with van der Waals surface area (Å²) in [5.74, 6) is 10.7. The van der Waals surface area contributed by atoms with Crippen molar-refractivity contribution >= 4 is 23.5 Å². The molecule has 0 aromatic heterocycles. The first-order chi connectivity index (χ1) is 36.2. The second-order valence-corrected chi connectivity index (χ2v) is 26.3. The highest BCUT2D eigenvalue weighted by Crippen LogP contribution is 2.73. The van der Waals surface area contributed by atoms with Gasteiger partial charge in [0.2, 0.25) is 6.54 Å². The molecular weight excluding hydrogens is 951 g/mol. The van der Waals surface area contributed by atoms with Crippen LogP contribution in [0, 0.1) is 134 Å². The molecule has 0 N–H and O–H groups in total. The molecule has 0 unspecified atom stereocenters. The van der Waals surface area contributed by atoms with E-state index in [1.165, 1.54) is 72.8 Å². The van der Waals surface area contributed by atoms with Crippen molar-refractivity contribution in [3.63, 3.8) is 0 Å². The molecule has 15 aliphatic carbocycles. The quantitative estimate of drug-likeness (QED) is 0.0780. The van der Waals surface area contributed by atoms with Crippen LogP contribution in [0.1, 0.15) is 117 Å². The number of carbonyl (C=O) groups is 4. The molecular formula is C62H81NO12. The Morgan fingerprint density at radius 3 is 1.63 bits per heavy atom. The van der Waals surface area contributed by atoms with Gasteiger partial charge in [-0.15, -0.1) is 0 Å². The molecule has 75 heavy (non-hydrogen) atoms. The molecule has 13 heteroatoms. The second kappa shape index (κ2) is 18.7. The lowest BCUT2D eigenvalue weighted by Crippen LogP contribution is -2.63. The van der Waals surface area contributed by atoms with Gasteiger partial charge in [-0.3, -0.25) is 24.5 Å². The van der Waals surface area contributed by atoms with Gasteiger partial charge in [-0.1, -0.05) is 54.2 Å². The minimum atomic E-state index is -0.478. The van der Waals surface area contributed by atoms with E-state index in [-0.39, 0.29) is 53.2 Å². The number of carbonyl (C=O) groups excluding carboxylic acids is 4. The lowest BCUT2D eigenvalue weighted by Gasteiger charge is -2.57. The summed E-state index contributed by atoms with van der Waals surface area (Å²) in [6, 6.07) is 0. The Labute approximate surface area is 442 Å². The minimum absolute atomic E-state index is 0.0996. The maximum absolute atomic E-state index is 11.9. The Balaban J connectivity index is 0.0000000911. The van der Waals surface area contributed by atoms with Gasteiger partial charge < -0.3 is 28.4 Å². The molecule has 2 spiro atoms. The molecule has 17 aliphatic rings. The molecule has 10 bridgehead atoms. The Bertz CT molecular complexity index is 2400. The van der Waals surface area contributed by atoms with Crippen molar-refractivity contribution < 1.29 is 52.5 Å². The van der Waals surface area contributed by atoms with Gasteiger partial charge in [0.15, 0.2) is 11.6 Å². The van der Waals surface area contributed by atoms with Crippen LogP contribution < -0.4 is 0 Å². The first-order valence-electron chi connectivity index (χ1n) is 29.7. The van der Waals surface area contributed by atoms with E-state index < -0.39 is 5.41 Å². The standard InChI is InChI=1S/C15H21NO4.C14H18O2.C12H16O2.C11H14O3.C10H12O/c1-3-20-13(17)7-15(8-16(18)19)11-5-4-10-6-12(15)14(11)9(10)2;1-3-16-13(15)7-11-10-5-4-9-6-12(11)14(10)8(9)2;1-7-8-2-3-9-11(7)10(6-8)12(9)13-4-5-14-12;12-10-6-1-2-7-9(10)8(5-6)11(7)13-3-4-14-11;1-5-6-2-3-7-9(5)8(4-6)10(7)11/h10-12,14H,2-8H2,1H3;7,9-10,12,14H,2-6H2,1H3;8-11H,1-6H2;6-9H,1-5H2;6-9H,1-4H2/t10-,11-,12+,14+,15+;9-,10+,12-,14+;8-,9-,10+,11+;2*6-,7-,8+,9+/m00000/s1. The molecule has 0 aromatic carbocycles. The topological polar surface area (TPSA) is 167 Å². The summed E-state index contributed by atoms with van der Waals surface area (Å²) in [4.78, 5) is 57.5. The van der Waals surface area contributed by atoms with Crippen LogP contribution in [-0.4, -0.2) is 86.2 Å². The zero-order valence-corrected chi connectivity index (χ0v) is 44.6. The van der Waals surface area contributed by atoms with Crippen LogP contribution in [0.4, 0.5) is 0 Å². The third-order valence-electron chi connectivity index (χ3n) is 24.1. The van der Waals surface area contributed by atoms with Crippen LogP contribution in [-0.2, 0) is 47.6 Å². The third-order valence-corrected chi connectivity index (χ3v) is 24.1. The highest BCUT2D eigenvalue weighted by atomic mass is 16.7. The average Bonchev–Trinajstić information content (AvgIpc) is 4.09. The number of nitrogens with zero attached hydrogens (tertiary/aromatic N) is 1. The molecule has 17 rings (SSSR count). The summed E-state index contributed by atoms with van der Waals surface area (Å²) < 4.78 is 33.4. The molecule has 0 radical (unpaired) electrons. The van der Waals surface area contributed by atoms with E-state index in [1.54, 1.807) is 13.0 Å². The second-order valence-electron chi connectivity index (χ2n) is 26.3. The average molecular weight is 1030 g/mol. The largest absolute Gasteiger partial charge is 0.466 e. The van der Waals surface area contributed by atoms with Crippen molar-refractivity contribution in [3.8, 4) is 0 Å². The molecule has 21 atom stereocenters. The van der Waals surface area contributed by atoms with Gasteiger partial charge in [0.25, 0.3) is 0 Å². The molecule has 13 nitrogen and oxygen atoms in total. The molecule has 406 valence electrons. The number of ether oxygens (including phenoxy) is 6.